The van der Waals surface area contributed by atoms with Crippen molar-refractivity contribution >= 4 is 40.5 Å². The Labute approximate surface area is 148 Å². The van der Waals surface area contributed by atoms with E-state index in [4.69, 9.17) is 5.73 Å². The lowest BCUT2D eigenvalue weighted by molar-refractivity contribution is -0.385. The minimum absolute atomic E-state index is 0. The number of anilines is 1. The zero-order valence-corrected chi connectivity index (χ0v) is 14.4. The first-order valence-electron chi connectivity index (χ1n) is 7.29. The van der Waals surface area contributed by atoms with E-state index in [1.807, 2.05) is 0 Å². The van der Waals surface area contributed by atoms with E-state index in [0.29, 0.717) is 10.7 Å². The van der Waals surface area contributed by atoms with Crippen molar-refractivity contribution in [2.75, 3.05) is 5.32 Å². The van der Waals surface area contributed by atoms with Crippen LogP contribution >= 0.6 is 23.7 Å². The number of para-hydroxylation sites is 1. The number of fused-ring (bicyclic) bond motifs is 1. The lowest BCUT2D eigenvalue weighted by Gasteiger charge is -2.15. The molecule has 1 aromatic heterocycles. The molecule has 1 aliphatic rings. The fraction of sp³-hybridized carbons (Fsp3) is 0.333. The highest BCUT2D eigenvalue weighted by Crippen LogP contribution is 2.29. The van der Waals surface area contributed by atoms with E-state index < -0.39 is 4.92 Å². The summed E-state index contributed by atoms with van der Waals surface area (Å²) in [5.41, 5.74) is 7.27. The van der Waals surface area contributed by atoms with Crippen molar-refractivity contribution < 1.29 is 9.72 Å². The predicted octanol–water partition coefficient (Wildman–Crippen LogP) is 2.47. The van der Waals surface area contributed by atoms with E-state index in [1.165, 1.54) is 17.4 Å². The number of amides is 1. The molecule has 1 amide bonds. The largest absolute Gasteiger partial charge is 0.327 e. The Morgan fingerprint density at radius 3 is 2.96 bits per heavy atom. The van der Waals surface area contributed by atoms with Crippen LogP contribution in [-0.2, 0) is 24.1 Å². The van der Waals surface area contributed by atoms with Gasteiger partial charge < -0.3 is 11.1 Å². The number of aryl methyl sites for hydroxylation is 1. The Hall–Kier alpha value is -2.03. The van der Waals surface area contributed by atoms with Crippen LogP contribution in [0.4, 0.5) is 10.8 Å². The number of carbonyl (C=O) groups excluding carboxylic acids is 1. The molecule has 1 aromatic carbocycles. The molecule has 24 heavy (non-hydrogen) atoms. The van der Waals surface area contributed by atoms with Gasteiger partial charge in [-0.15, -0.1) is 23.7 Å². The third-order valence-corrected chi connectivity index (χ3v) is 4.80. The van der Waals surface area contributed by atoms with Crippen LogP contribution in [0.25, 0.3) is 0 Å². The lowest BCUT2D eigenvalue weighted by atomic mass is 9.99. The van der Waals surface area contributed by atoms with Gasteiger partial charge in [-0.1, -0.05) is 18.2 Å². The summed E-state index contributed by atoms with van der Waals surface area (Å²) in [5.74, 6) is -0.310. The molecule has 0 spiro atoms. The van der Waals surface area contributed by atoms with Gasteiger partial charge >= 0.3 is 0 Å². The second-order valence-electron chi connectivity index (χ2n) is 5.50. The van der Waals surface area contributed by atoms with Gasteiger partial charge in [0.1, 0.15) is 0 Å². The number of aromatic nitrogens is 1. The van der Waals surface area contributed by atoms with Crippen LogP contribution in [0.1, 0.15) is 22.6 Å². The Bertz CT molecular complexity index is 765. The summed E-state index contributed by atoms with van der Waals surface area (Å²) in [7, 11) is 0. The summed E-state index contributed by atoms with van der Waals surface area (Å²) in [4.78, 5) is 28.2. The van der Waals surface area contributed by atoms with Gasteiger partial charge in [-0.3, -0.25) is 14.9 Å². The molecule has 1 heterocycles. The number of halogens is 1. The molecule has 128 valence electrons. The molecule has 9 heteroatoms. The van der Waals surface area contributed by atoms with Gasteiger partial charge in [0.05, 0.1) is 17.0 Å². The van der Waals surface area contributed by atoms with Crippen molar-refractivity contribution in [3.63, 3.8) is 0 Å². The third kappa shape index (κ3) is 4.08. The van der Waals surface area contributed by atoms with Crippen molar-refractivity contribution in [3.8, 4) is 0 Å². The van der Waals surface area contributed by atoms with Crippen LogP contribution < -0.4 is 11.1 Å². The minimum Gasteiger partial charge on any atom is -0.327 e. The number of rotatable bonds is 4. The molecule has 1 atom stereocenters. The summed E-state index contributed by atoms with van der Waals surface area (Å²) in [6.45, 7) is 0. The smallest absolute Gasteiger partial charge is 0.273 e. The fourth-order valence-corrected chi connectivity index (χ4v) is 3.75. The summed E-state index contributed by atoms with van der Waals surface area (Å²) >= 11 is 1.43. The zero-order valence-electron chi connectivity index (χ0n) is 12.7. The first kappa shape index (κ1) is 18.3. The van der Waals surface area contributed by atoms with Gasteiger partial charge in [0.2, 0.25) is 5.91 Å². The fourth-order valence-electron chi connectivity index (χ4n) is 2.63. The topological polar surface area (TPSA) is 111 Å². The molecule has 0 fully saturated rings. The van der Waals surface area contributed by atoms with E-state index in [0.717, 1.165) is 29.8 Å². The Morgan fingerprint density at radius 2 is 2.21 bits per heavy atom. The number of thiazole rings is 1. The maximum atomic E-state index is 12.1. The molecule has 0 aliphatic heterocycles. The number of hydrogen-bond donors (Lipinski definition) is 2. The van der Waals surface area contributed by atoms with Crippen LogP contribution in [0, 0.1) is 10.1 Å². The molecular formula is C15H17ClN4O3S. The molecule has 2 aromatic rings. The van der Waals surface area contributed by atoms with Crippen LogP contribution in [-0.4, -0.2) is 21.9 Å². The van der Waals surface area contributed by atoms with Crippen molar-refractivity contribution in [2.24, 2.45) is 5.73 Å². The molecule has 7 nitrogen and oxygen atoms in total. The third-order valence-electron chi connectivity index (χ3n) is 3.76. The predicted molar refractivity (Wildman–Crippen MR) is 94.8 cm³/mol. The molecular weight excluding hydrogens is 352 g/mol. The highest BCUT2D eigenvalue weighted by Gasteiger charge is 2.21. The summed E-state index contributed by atoms with van der Waals surface area (Å²) in [5, 5.41) is 14.2. The first-order valence-corrected chi connectivity index (χ1v) is 8.11. The molecule has 0 bridgehead atoms. The monoisotopic (exact) mass is 368 g/mol. The average molecular weight is 369 g/mol. The average Bonchev–Trinajstić information content (AvgIpc) is 2.88. The van der Waals surface area contributed by atoms with Gasteiger partial charge in [-0.05, 0) is 19.3 Å². The van der Waals surface area contributed by atoms with E-state index in [1.54, 1.807) is 18.2 Å². The number of benzene rings is 1. The highest BCUT2D eigenvalue weighted by atomic mass is 35.5. The Kier molecular flexibility index (Phi) is 5.87. The van der Waals surface area contributed by atoms with E-state index in [2.05, 4.69) is 10.3 Å². The molecule has 0 saturated carbocycles. The molecule has 0 unspecified atom stereocenters. The number of nitrogens with one attached hydrogen (secondary N) is 1. The van der Waals surface area contributed by atoms with Crippen LogP contribution in [0.15, 0.2) is 24.3 Å². The summed E-state index contributed by atoms with van der Waals surface area (Å²) < 4.78 is 0. The van der Waals surface area contributed by atoms with Crippen molar-refractivity contribution in [3.05, 3.63) is 50.5 Å². The number of carbonyl (C=O) groups is 1. The second kappa shape index (κ2) is 7.69. The number of hydrogen-bond acceptors (Lipinski definition) is 6. The highest BCUT2D eigenvalue weighted by molar-refractivity contribution is 7.15. The molecule has 3 N–H and O–H groups in total. The number of nitro groups is 1. The SMILES string of the molecule is Cl.N[C@H]1CCc2nc(NC(=O)Cc3ccccc3[N+](=O)[O-])sc2C1. The van der Waals surface area contributed by atoms with Gasteiger partial charge in [0, 0.05) is 22.5 Å². The maximum Gasteiger partial charge on any atom is 0.273 e. The standard InChI is InChI=1S/C15H16N4O3S.ClH/c16-10-5-6-11-13(8-10)23-15(17-11)18-14(20)7-9-3-1-2-4-12(9)19(21)22;/h1-4,10H,5-8,16H2,(H,17,18,20);1H/t10-;/m0./s1. The van der Waals surface area contributed by atoms with Crippen molar-refractivity contribution in [2.45, 2.75) is 31.7 Å². The molecule has 3 rings (SSSR count). The van der Waals surface area contributed by atoms with Crippen molar-refractivity contribution in [1.82, 2.24) is 4.98 Å². The van der Waals surface area contributed by atoms with Gasteiger partial charge in [0.15, 0.2) is 5.13 Å². The normalized spacial score (nSPS) is 16.0. The van der Waals surface area contributed by atoms with E-state index in [-0.39, 0.29) is 36.5 Å². The Morgan fingerprint density at radius 1 is 1.46 bits per heavy atom. The molecule has 0 saturated heterocycles. The lowest BCUT2D eigenvalue weighted by Crippen LogP contribution is -2.27. The van der Waals surface area contributed by atoms with E-state index in [9.17, 15) is 14.9 Å². The minimum atomic E-state index is -0.480. The van der Waals surface area contributed by atoms with Crippen LogP contribution in [0.3, 0.4) is 0 Å². The van der Waals surface area contributed by atoms with Crippen molar-refractivity contribution in [1.29, 1.82) is 0 Å². The number of nitrogens with zero attached hydrogens (tertiary/aromatic N) is 2. The quantitative estimate of drug-likeness (QED) is 0.636. The number of nitro benzene ring substituents is 1. The number of nitrogens with two attached hydrogens (primary N) is 1. The summed E-state index contributed by atoms with van der Waals surface area (Å²) in [6, 6.07) is 6.39. The summed E-state index contributed by atoms with van der Waals surface area (Å²) in [6.07, 6.45) is 2.46. The first-order chi connectivity index (χ1) is 11.0. The van der Waals surface area contributed by atoms with Gasteiger partial charge in [-0.2, -0.15) is 0 Å². The second-order valence-corrected chi connectivity index (χ2v) is 6.59. The van der Waals surface area contributed by atoms with Crippen LogP contribution in [0.2, 0.25) is 0 Å². The van der Waals surface area contributed by atoms with Crippen LogP contribution in [0.5, 0.6) is 0 Å². The molecule has 0 radical (unpaired) electrons. The zero-order chi connectivity index (χ0) is 16.4. The van der Waals surface area contributed by atoms with Gasteiger partial charge in [-0.25, -0.2) is 4.98 Å². The van der Waals surface area contributed by atoms with Gasteiger partial charge in [0.25, 0.3) is 5.69 Å². The Balaban J connectivity index is 0.00000208. The van der Waals surface area contributed by atoms with E-state index >= 15 is 0 Å². The maximum absolute atomic E-state index is 12.1. The molecule has 1 aliphatic carbocycles.